The molecule has 108 valence electrons. The van der Waals surface area contributed by atoms with Gasteiger partial charge >= 0.3 is 0 Å². The largest absolute Gasteiger partial charge is 0.329 e. The molecular formula is C12H27N3O2S. The summed E-state index contributed by atoms with van der Waals surface area (Å²) >= 11 is 0. The van der Waals surface area contributed by atoms with Crippen molar-refractivity contribution in [1.29, 1.82) is 0 Å². The summed E-state index contributed by atoms with van der Waals surface area (Å²) < 4.78 is 24.7. The first-order valence-electron chi connectivity index (χ1n) is 6.85. The summed E-state index contributed by atoms with van der Waals surface area (Å²) in [6, 6.07) is 0. The Morgan fingerprint density at radius 2 is 2.11 bits per heavy atom. The molecule has 5 nitrogen and oxygen atoms in total. The zero-order valence-corrected chi connectivity index (χ0v) is 12.5. The quantitative estimate of drug-likeness (QED) is 0.728. The second-order valence-electron chi connectivity index (χ2n) is 5.22. The van der Waals surface area contributed by atoms with Gasteiger partial charge in [0.1, 0.15) is 0 Å². The van der Waals surface area contributed by atoms with Crippen molar-refractivity contribution in [2.24, 2.45) is 11.7 Å². The van der Waals surface area contributed by atoms with E-state index in [9.17, 15) is 8.42 Å². The van der Waals surface area contributed by atoms with Gasteiger partial charge in [0.25, 0.3) is 0 Å². The first-order valence-corrected chi connectivity index (χ1v) is 8.69. The molecule has 0 spiro atoms. The first kappa shape index (κ1) is 15.9. The van der Waals surface area contributed by atoms with Crippen molar-refractivity contribution in [1.82, 2.24) is 9.21 Å². The van der Waals surface area contributed by atoms with Crippen molar-refractivity contribution < 1.29 is 8.42 Å². The number of rotatable bonds is 7. The molecule has 1 rings (SSSR count). The molecular weight excluding hydrogens is 250 g/mol. The highest BCUT2D eigenvalue weighted by molar-refractivity contribution is 7.88. The van der Waals surface area contributed by atoms with Crippen LogP contribution in [-0.2, 0) is 10.0 Å². The number of piperidine rings is 1. The van der Waals surface area contributed by atoms with Crippen LogP contribution in [0.15, 0.2) is 0 Å². The Hall–Kier alpha value is -0.170. The Morgan fingerprint density at radius 3 is 2.67 bits per heavy atom. The summed E-state index contributed by atoms with van der Waals surface area (Å²) in [5.74, 6) is 0.451. The van der Waals surface area contributed by atoms with E-state index < -0.39 is 10.0 Å². The van der Waals surface area contributed by atoms with Crippen LogP contribution in [0.5, 0.6) is 0 Å². The van der Waals surface area contributed by atoms with Gasteiger partial charge in [0.2, 0.25) is 10.0 Å². The Labute approximate surface area is 111 Å². The van der Waals surface area contributed by atoms with E-state index in [-0.39, 0.29) is 0 Å². The summed E-state index contributed by atoms with van der Waals surface area (Å²) in [6.07, 6.45) is 4.51. The van der Waals surface area contributed by atoms with Gasteiger partial charge in [0, 0.05) is 32.7 Å². The predicted molar refractivity (Wildman–Crippen MR) is 74.9 cm³/mol. The first-order chi connectivity index (χ1) is 8.47. The summed E-state index contributed by atoms with van der Waals surface area (Å²) in [7, 11) is -3.03. The van der Waals surface area contributed by atoms with E-state index in [1.54, 1.807) is 4.31 Å². The molecule has 1 saturated heterocycles. The highest BCUT2D eigenvalue weighted by atomic mass is 32.2. The van der Waals surface area contributed by atoms with Gasteiger partial charge in [0.15, 0.2) is 0 Å². The molecule has 2 N–H and O–H groups in total. The van der Waals surface area contributed by atoms with Gasteiger partial charge in [-0.2, -0.15) is 0 Å². The van der Waals surface area contributed by atoms with Crippen LogP contribution >= 0.6 is 0 Å². The minimum absolute atomic E-state index is 0.451. The van der Waals surface area contributed by atoms with Crippen molar-refractivity contribution in [3.8, 4) is 0 Å². The van der Waals surface area contributed by atoms with Gasteiger partial charge < -0.3 is 10.6 Å². The van der Waals surface area contributed by atoms with Crippen LogP contribution in [0.2, 0.25) is 0 Å². The molecule has 0 aromatic heterocycles. The Balaban J connectivity index is 2.50. The standard InChI is InChI=1S/C12H27N3O2S/c1-3-7-14(9-6-13)10-12-5-4-8-15(11-12)18(2,16)17/h12H,3-11,13H2,1-2H3. The van der Waals surface area contributed by atoms with Gasteiger partial charge in [-0.05, 0) is 31.7 Å². The molecule has 0 aromatic carbocycles. The lowest BCUT2D eigenvalue weighted by Gasteiger charge is -2.34. The van der Waals surface area contributed by atoms with E-state index in [0.29, 0.717) is 25.6 Å². The normalized spacial score (nSPS) is 22.6. The van der Waals surface area contributed by atoms with E-state index in [1.165, 1.54) is 6.26 Å². The van der Waals surface area contributed by atoms with E-state index in [2.05, 4.69) is 11.8 Å². The molecule has 1 unspecified atom stereocenters. The minimum Gasteiger partial charge on any atom is -0.329 e. The molecule has 0 radical (unpaired) electrons. The van der Waals surface area contributed by atoms with Gasteiger partial charge in [-0.1, -0.05) is 6.92 Å². The summed E-state index contributed by atoms with van der Waals surface area (Å²) in [5.41, 5.74) is 5.61. The number of hydrogen-bond donors (Lipinski definition) is 1. The van der Waals surface area contributed by atoms with Crippen molar-refractivity contribution in [3.63, 3.8) is 0 Å². The Bertz CT molecular complexity index is 326. The van der Waals surface area contributed by atoms with Crippen LogP contribution in [0.3, 0.4) is 0 Å². The minimum atomic E-state index is -3.03. The number of sulfonamides is 1. The molecule has 0 aromatic rings. The highest BCUT2D eigenvalue weighted by Crippen LogP contribution is 2.19. The average Bonchev–Trinajstić information content (AvgIpc) is 2.29. The van der Waals surface area contributed by atoms with Crippen molar-refractivity contribution >= 4 is 10.0 Å². The summed E-state index contributed by atoms with van der Waals surface area (Å²) in [5, 5.41) is 0. The van der Waals surface area contributed by atoms with Crippen LogP contribution in [0.4, 0.5) is 0 Å². The molecule has 1 atom stereocenters. The summed E-state index contributed by atoms with van der Waals surface area (Å²) in [4.78, 5) is 2.36. The molecule has 6 heteroatoms. The predicted octanol–water partition coefficient (Wildman–Crippen LogP) is 0.329. The fourth-order valence-electron chi connectivity index (χ4n) is 2.64. The van der Waals surface area contributed by atoms with Gasteiger partial charge in [0.05, 0.1) is 6.26 Å². The maximum Gasteiger partial charge on any atom is 0.211 e. The van der Waals surface area contributed by atoms with E-state index >= 15 is 0 Å². The number of nitrogens with two attached hydrogens (primary N) is 1. The van der Waals surface area contributed by atoms with Gasteiger partial charge in [-0.3, -0.25) is 0 Å². The second-order valence-corrected chi connectivity index (χ2v) is 7.20. The van der Waals surface area contributed by atoms with Crippen LogP contribution in [0.1, 0.15) is 26.2 Å². The molecule has 0 saturated carbocycles. The number of hydrogen-bond acceptors (Lipinski definition) is 4. The van der Waals surface area contributed by atoms with Gasteiger partial charge in [-0.25, -0.2) is 12.7 Å². The molecule has 0 bridgehead atoms. The third kappa shape index (κ3) is 5.22. The smallest absolute Gasteiger partial charge is 0.211 e. The zero-order chi connectivity index (χ0) is 13.6. The Morgan fingerprint density at radius 1 is 1.39 bits per heavy atom. The van der Waals surface area contributed by atoms with Crippen LogP contribution in [0, 0.1) is 5.92 Å². The highest BCUT2D eigenvalue weighted by Gasteiger charge is 2.26. The zero-order valence-electron chi connectivity index (χ0n) is 11.6. The van der Waals surface area contributed by atoms with E-state index in [4.69, 9.17) is 5.73 Å². The lowest BCUT2D eigenvalue weighted by Crippen LogP contribution is -2.44. The third-order valence-corrected chi connectivity index (χ3v) is 4.72. The SMILES string of the molecule is CCCN(CCN)CC1CCCN(S(C)(=O)=O)C1. The van der Waals surface area contributed by atoms with Crippen LogP contribution < -0.4 is 5.73 Å². The van der Waals surface area contributed by atoms with Crippen molar-refractivity contribution in [3.05, 3.63) is 0 Å². The maximum absolute atomic E-state index is 11.6. The molecule has 0 aliphatic carbocycles. The molecule has 18 heavy (non-hydrogen) atoms. The van der Waals surface area contributed by atoms with Crippen molar-refractivity contribution in [2.75, 3.05) is 45.5 Å². The molecule has 1 fully saturated rings. The van der Waals surface area contributed by atoms with Crippen LogP contribution in [-0.4, -0.2) is 63.1 Å². The number of nitrogens with zero attached hydrogens (tertiary/aromatic N) is 2. The van der Waals surface area contributed by atoms with Crippen LogP contribution in [0.25, 0.3) is 0 Å². The fraction of sp³-hybridized carbons (Fsp3) is 1.00. The molecule has 1 heterocycles. The Kier molecular flexibility index (Phi) is 6.55. The fourth-order valence-corrected chi connectivity index (χ4v) is 3.58. The topological polar surface area (TPSA) is 66.6 Å². The average molecular weight is 277 g/mol. The maximum atomic E-state index is 11.6. The molecule has 0 amide bonds. The second kappa shape index (κ2) is 7.43. The van der Waals surface area contributed by atoms with Gasteiger partial charge in [-0.15, -0.1) is 0 Å². The van der Waals surface area contributed by atoms with Crippen molar-refractivity contribution in [2.45, 2.75) is 26.2 Å². The monoisotopic (exact) mass is 277 g/mol. The lowest BCUT2D eigenvalue weighted by atomic mass is 9.99. The van der Waals surface area contributed by atoms with E-state index in [1.807, 2.05) is 0 Å². The molecule has 1 aliphatic rings. The third-order valence-electron chi connectivity index (χ3n) is 3.45. The van der Waals surface area contributed by atoms with E-state index in [0.717, 1.165) is 38.9 Å². The molecule has 1 aliphatic heterocycles. The lowest BCUT2D eigenvalue weighted by molar-refractivity contribution is 0.181. The summed E-state index contributed by atoms with van der Waals surface area (Å²) in [6.45, 7) is 7.10.